The van der Waals surface area contributed by atoms with Gasteiger partial charge in [0, 0.05) is 4.90 Å². The average Bonchev–Trinajstić information content (AvgIpc) is 2.25. The molecule has 2 nitrogen and oxygen atoms in total. The van der Waals surface area contributed by atoms with Crippen molar-refractivity contribution in [2.45, 2.75) is 9.92 Å². The van der Waals surface area contributed by atoms with Gasteiger partial charge in [-0.2, -0.15) is 0 Å². The molecule has 2 aromatic rings. The van der Waals surface area contributed by atoms with Gasteiger partial charge in [0.15, 0.2) is 0 Å². The van der Waals surface area contributed by atoms with Gasteiger partial charge in [0.05, 0.1) is 11.2 Å². The van der Waals surface area contributed by atoms with Crippen LogP contribution in [0.4, 0.5) is 4.39 Å². The molecule has 5 heteroatoms. The van der Waals surface area contributed by atoms with Gasteiger partial charge < -0.3 is 0 Å². The summed E-state index contributed by atoms with van der Waals surface area (Å²) in [5.74, 6) is -0.256. The van der Waals surface area contributed by atoms with E-state index in [-0.39, 0.29) is 5.82 Å². The maximum atomic E-state index is 12.6. The summed E-state index contributed by atoms with van der Waals surface area (Å²) < 4.78 is 12.6. The molecule has 0 bridgehead atoms. The Bertz CT molecular complexity index is 461. The Morgan fingerprint density at radius 1 is 1.20 bits per heavy atom. The van der Waals surface area contributed by atoms with Crippen LogP contribution in [0.5, 0.6) is 0 Å². The maximum Gasteiger partial charge on any atom is 0.123 e. The summed E-state index contributed by atoms with van der Waals surface area (Å²) >= 11 is 7.26. The molecule has 0 fully saturated rings. The second-order valence-electron chi connectivity index (χ2n) is 2.73. The monoisotopic (exact) mass is 240 g/mol. The van der Waals surface area contributed by atoms with E-state index in [1.807, 2.05) is 0 Å². The molecule has 76 valence electrons. The van der Waals surface area contributed by atoms with Crippen molar-refractivity contribution in [2.75, 3.05) is 0 Å². The van der Waals surface area contributed by atoms with Crippen molar-refractivity contribution in [3.63, 3.8) is 0 Å². The fraction of sp³-hybridized carbons (Fsp3) is 0. The van der Waals surface area contributed by atoms with E-state index in [4.69, 9.17) is 11.6 Å². The lowest BCUT2D eigenvalue weighted by molar-refractivity contribution is 0.626. The number of aromatic nitrogens is 2. The van der Waals surface area contributed by atoms with Crippen LogP contribution in [0.1, 0.15) is 0 Å². The number of nitrogens with zero attached hydrogens (tertiary/aromatic N) is 2. The van der Waals surface area contributed by atoms with Crippen molar-refractivity contribution in [3.8, 4) is 0 Å². The first kappa shape index (κ1) is 10.4. The SMILES string of the molecule is Fc1ccc(Sc2ncncc2Cl)cc1. The van der Waals surface area contributed by atoms with Gasteiger partial charge in [0.25, 0.3) is 0 Å². The Morgan fingerprint density at radius 2 is 1.93 bits per heavy atom. The van der Waals surface area contributed by atoms with Gasteiger partial charge in [-0.3, -0.25) is 0 Å². The molecule has 0 aliphatic heterocycles. The summed E-state index contributed by atoms with van der Waals surface area (Å²) in [7, 11) is 0. The smallest absolute Gasteiger partial charge is 0.123 e. The van der Waals surface area contributed by atoms with Gasteiger partial charge in [0.1, 0.15) is 17.2 Å². The number of hydrogen-bond acceptors (Lipinski definition) is 3. The van der Waals surface area contributed by atoms with Crippen molar-refractivity contribution in [1.82, 2.24) is 9.97 Å². The van der Waals surface area contributed by atoms with E-state index in [1.54, 1.807) is 12.1 Å². The molecule has 0 aliphatic carbocycles. The summed E-state index contributed by atoms with van der Waals surface area (Å²) in [4.78, 5) is 8.69. The average molecular weight is 241 g/mol. The van der Waals surface area contributed by atoms with Gasteiger partial charge in [-0.1, -0.05) is 23.4 Å². The van der Waals surface area contributed by atoms with Crippen molar-refractivity contribution in [3.05, 3.63) is 47.6 Å². The molecule has 0 saturated heterocycles. The van der Waals surface area contributed by atoms with E-state index < -0.39 is 0 Å². The molecule has 0 amide bonds. The second kappa shape index (κ2) is 4.59. The summed E-state index contributed by atoms with van der Waals surface area (Å²) in [6.07, 6.45) is 2.96. The highest BCUT2D eigenvalue weighted by atomic mass is 35.5. The van der Waals surface area contributed by atoms with Gasteiger partial charge in [-0.05, 0) is 24.3 Å². The fourth-order valence-electron chi connectivity index (χ4n) is 0.991. The Labute approximate surface area is 95.5 Å². The molecule has 0 atom stereocenters. The van der Waals surface area contributed by atoms with Gasteiger partial charge >= 0.3 is 0 Å². The van der Waals surface area contributed by atoms with Crippen LogP contribution >= 0.6 is 23.4 Å². The summed E-state index contributed by atoms with van der Waals surface area (Å²) in [5.41, 5.74) is 0. The van der Waals surface area contributed by atoms with Crippen molar-refractivity contribution in [2.24, 2.45) is 0 Å². The second-order valence-corrected chi connectivity index (χ2v) is 4.20. The molecule has 2 rings (SSSR count). The lowest BCUT2D eigenvalue weighted by Crippen LogP contribution is -1.83. The molecule has 0 aliphatic rings. The van der Waals surface area contributed by atoms with Crippen molar-refractivity contribution < 1.29 is 4.39 Å². The zero-order valence-electron chi connectivity index (χ0n) is 7.52. The standard InChI is InChI=1S/C10H6ClFN2S/c11-9-5-13-6-14-10(9)15-8-3-1-7(12)2-4-8/h1-6H. The third-order valence-corrected chi connectivity index (χ3v) is 3.08. The van der Waals surface area contributed by atoms with Gasteiger partial charge in [-0.15, -0.1) is 0 Å². The molecular formula is C10H6ClFN2S. The minimum Gasteiger partial charge on any atom is -0.243 e. The minimum absolute atomic E-state index is 0.256. The van der Waals surface area contributed by atoms with Gasteiger partial charge in [0.2, 0.25) is 0 Å². The lowest BCUT2D eigenvalue weighted by Gasteiger charge is -2.01. The summed E-state index contributed by atoms with van der Waals surface area (Å²) in [6.45, 7) is 0. The highest BCUT2D eigenvalue weighted by Crippen LogP contribution is 2.30. The first-order valence-electron chi connectivity index (χ1n) is 4.14. The predicted molar refractivity (Wildman–Crippen MR) is 57.6 cm³/mol. The topological polar surface area (TPSA) is 25.8 Å². The molecule has 0 radical (unpaired) electrons. The fourth-order valence-corrected chi connectivity index (χ4v) is 1.96. The molecule has 15 heavy (non-hydrogen) atoms. The molecule has 0 N–H and O–H groups in total. The molecule has 1 aromatic carbocycles. The zero-order valence-corrected chi connectivity index (χ0v) is 9.10. The van der Waals surface area contributed by atoms with Crippen LogP contribution in [0.2, 0.25) is 5.02 Å². The van der Waals surface area contributed by atoms with Crippen LogP contribution in [0, 0.1) is 5.82 Å². The lowest BCUT2D eigenvalue weighted by atomic mass is 10.4. The Hall–Kier alpha value is -1.13. The van der Waals surface area contributed by atoms with Crippen molar-refractivity contribution >= 4 is 23.4 Å². The summed E-state index contributed by atoms with van der Waals surface area (Å²) in [5, 5.41) is 1.16. The van der Waals surface area contributed by atoms with Crippen LogP contribution in [0.15, 0.2) is 46.7 Å². The van der Waals surface area contributed by atoms with Crippen LogP contribution in [-0.2, 0) is 0 Å². The van der Waals surface area contributed by atoms with Crippen molar-refractivity contribution in [1.29, 1.82) is 0 Å². The Morgan fingerprint density at radius 3 is 2.60 bits per heavy atom. The molecule has 1 aromatic heterocycles. The number of rotatable bonds is 2. The number of halogens is 2. The molecular weight excluding hydrogens is 235 g/mol. The van der Waals surface area contributed by atoms with Crippen LogP contribution in [0.25, 0.3) is 0 Å². The largest absolute Gasteiger partial charge is 0.243 e. The number of hydrogen-bond donors (Lipinski definition) is 0. The van der Waals surface area contributed by atoms with E-state index in [0.29, 0.717) is 10.0 Å². The zero-order chi connectivity index (χ0) is 10.7. The predicted octanol–water partition coefficient (Wildman–Crippen LogP) is 3.42. The summed E-state index contributed by atoms with van der Waals surface area (Å²) in [6, 6.07) is 6.16. The van der Waals surface area contributed by atoms with Crippen LogP contribution in [0.3, 0.4) is 0 Å². The van der Waals surface area contributed by atoms with E-state index in [2.05, 4.69) is 9.97 Å². The molecule has 0 saturated carbocycles. The Balaban J connectivity index is 2.22. The van der Waals surface area contributed by atoms with E-state index in [9.17, 15) is 4.39 Å². The highest BCUT2D eigenvalue weighted by molar-refractivity contribution is 7.99. The first-order valence-corrected chi connectivity index (χ1v) is 5.34. The quantitative estimate of drug-likeness (QED) is 0.753. The minimum atomic E-state index is -0.256. The van der Waals surface area contributed by atoms with Crippen LogP contribution in [-0.4, -0.2) is 9.97 Å². The molecule has 0 spiro atoms. The third-order valence-electron chi connectivity index (χ3n) is 1.66. The molecule has 0 unspecified atom stereocenters. The maximum absolute atomic E-state index is 12.6. The van der Waals surface area contributed by atoms with E-state index >= 15 is 0 Å². The van der Waals surface area contributed by atoms with E-state index in [0.717, 1.165) is 4.90 Å². The normalized spacial score (nSPS) is 10.3. The van der Waals surface area contributed by atoms with Crippen LogP contribution < -0.4 is 0 Å². The third kappa shape index (κ3) is 2.67. The van der Waals surface area contributed by atoms with Gasteiger partial charge in [-0.25, -0.2) is 14.4 Å². The highest BCUT2D eigenvalue weighted by Gasteiger charge is 2.03. The number of benzene rings is 1. The molecule has 1 heterocycles. The Kier molecular flexibility index (Phi) is 3.18. The van der Waals surface area contributed by atoms with E-state index in [1.165, 1.54) is 36.4 Å². The first-order chi connectivity index (χ1) is 7.25.